The molecule has 9 heteroatoms. The van der Waals surface area contributed by atoms with Crippen molar-refractivity contribution in [3.05, 3.63) is 35.7 Å². The Morgan fingerprint density at radius 3 is 2.85 bits per heavy atom. The third kappa shape index (κ3) is 3.11. The molecule has 1 heterocycles. The second-order valence-electron chi connectivity index (χ2n) is 4.21. The molecule has 0 aliphatic rings. The number of halogens is 1. The Bertz CT molecular complexity index is 700. The molecule has 7 nitrogen and oxygen atoms in total. The van der Waals surface area contributed by atoms with Crippen LogP contribution in [0.15, 0.2) is 23.4 Å². The lowest BCUT2D eigenvalue weighted by Gasteiger charge is -2.10. The molecule has 0 unspecified atom stereocenters. The van der Waals surface area contributed by atoms with Crippen LogP contribution >= 0.6 is 0 Å². The first-order chi connectivity index (χ1) is 9.40. The van der Waals surface area contributed by atoms with Crippen molar-refractivity contribution >= 4 is 15.7 Å². The van der Waals surface area contributed by atoms with Gasteiger partial charge in [0.1, 0.15) is 18.0 Å². The van der Waals surface area contributed by atoms with Crippen LogP contribution in [0.2, 0.25) is 0 Å². The molecule has 0 radical (unpaired) electrons. The Hall–Kier alpha value is -2.00. The van der Waals surface area contributed by atoms with Gasteiger partial charge in [-0.2, -0.15) is 5.10 Å². The lowest BCUT2D eigenvalue weighted by Crippen LogP contribution is -2.27. The molecule has 108 valence electrons. The summed E-state index contributed by atoms with van der Waals surface area (Å²) in [6.07, 6.45) is 1.68. The molecule has 0 saturated heterocycles. The lowest BCUT2D eigenvalue weighted by molar-refractivity contribution is 0.574. The number of aromatic nitrogens is 3. The highest BCUT2D eigenvalue weighted by Crippen LogP contribution is 2.21. The summed E-state index contributed by atoms with van der Waals surface area (Å²) < 4.78 is 40.1. The van der Waals surface area contributed by atoms with E-state index in [0.29, 0.717) is 12.2 Å². The van der Waals surface area contributed by atoms with Gasteiger partial charge in [0, 0.05) is 24.2 Å². The number of rotatable bonds is 5. The molecule has 0 amide bonds. The predicted molar refractivity (Wildman–Crippen MR) is 70.8 cm³/mol. The molecule has 0 aliphatic carbocycles. The maximum absolute atomic E-state index is 13.5. The molecule has 0 saturated carbocycles. The standard InChI is InChI=1S/C11H14FN5O2S/c1-7-9(12)4-8(13)5-10(7)20(18,19)16-3-2-11-14-6-15-17-11/h4-6,16H,2-3,13H2,1H3,(H,14,15,17). The van der Waals surface area contributed by atoms with Crippen molar-refractivity contribution in [1.29, 1.82) is 0 Å². The van der Waals surface area contributed by atoms with Gasteiger partial charge in [-0.15, -0.1) is 0 Å². The minimum atomic E-state index is -3.82. The third-order valence-electron chi connectivity index (χ3n) is 2.73. The average Bonchev–Trinajstić information content (AvgIpc) is 2.86. The molecule has 0 atom stereocenters. The van der Waals surface area contributed by atoms with Crippen LogP contribution in [0.1, 0.15) is 11.4 Å². The van der Waals surface area contributed by atoms with Gasteiger partial charge >= 0.3 is 0 Å². The largest absolute Gasteiger partial charge is 0.399 e. The quantitative estimate of drug-likeness (QED) is 0.690. The van der Waals surface area contributed by atoms with Gasteiger partial charge in [0.2, 0.25) is 10.0 Å². The topological polar surface area (TPSA) is 114 Å². The van der Waals surface area contributed by atoms with Crippen LogP contribution in [-0.4, -0.2) is 30.1 Å². The van der Waals surface area contributed by atoms with Crippen LogP contribution in [0.4, 0.5) is 10.1 Å². The van der Waals surface area contributed by atoms with Gasteiger partial charge in [0.15, 0.2) is 0 Å². The molecule has 1 aromatic carbocycles. The van der Waals surface area contributed by atoms with Crippen molar-refractivity contribution in [3.8, 4) is 0 Å². The fourth-order valence-electron chi connectivity index (χ4n) is 1.69. The minimum Gasteiger partial charge on any atom is -0.399 e. The first-order valence-electron chi connectivity index (χ1n) is 5.79. The second-order valence-corrected chi connectivity index (χ2v) is 5.94. The van der Waals surface area contributed by atoms with E-state index in [9.17, 15) is 12.8 Å². The van der Waals surface area contributed by atoms with E-state index in [2.05, 4.69) is 19.9 Å². The summed E-state index contributed by atoms with van der Waals surface area (Å²) in [7, 11) is -3.82. The maximum Gasteiger partial charge on any atom is 0.241 e. The van der Waals surface area contributed by atoms with Crippen molar-refractivity contribution < 1.29 is 12.8 Å². The molecular weight excluding hydrogens is 285 g/mol. The molecule has 1 aromatic heterocycles. The monoisotopic (exact) mass is 299 g/mol. The molecule has 4 N–H and O–H groups in total. The molecule has 2 rings (SSSR count). The number of anilines is 1. The third-order valence-corrected chi connectivity index (χ3v) is 4.31. The lowest BCUT2D eigenvalue weighted by atomic mass is 10.2. The van der Waals surface area contributed by atoms with Gasteiger partial charge in [-0.05, 0) is 19.1 Å². The number of nitrogens with two attached hydrogens (primary N) is 1. The number of aromatic amines is 1. The van der Waals surface area contributed by atoms with Crippen molar-refractivity contribution in [2.75, 3.05) is 12.3 Å². The molecule has 0 aliphatic heterocycles. The fourth-order valence-corrected chi connectivity index (χ4v) is 3.00. The highest BCUT2D eigenvalue weighted by Gasteiger charge is 2.19. The van der Waals surface area contributed by atoms with Gasteiger partial charge in [0.05, 0.1) is 4.90 Å². The number of hydrogen-bond donors (Lipinski definition) is 3. The summed E-state index contributed by atoms with van der Waals surface area (Å²) in [6.45, 7) is 1.51. The number of H-pyrrole nitrogens is 1. The zero-order valence-electron chi connectivity index (χ0n) is 10.7. The molecule has 0 spiro atoms. The van der Waals surface area contributed by atoms with E-state index in [1.165, 1.54) is 19.3 Å². The molecule has 2 aromatic rings. The van der Waals surface area contributed by atoms with E-state index in [-0.39, 0.29) is 22.7 Å². The van der Waals surface area contributed by atoms with E-state index in [1.54, 1.807) is 0 Å². The van der Waals surface area contributed by atoms with E-state index < -0.39 is 15.8 Å². The van der Waals surface area contributed by atoms with Crippen LogP contribution in [0.3, 0.4) is 0 Å². The maximum atomic E-state index is 13.5. The highest BCUT2D eigenvalue weighted by molar-refractivity contribution is 7.89. The van der Waals surface area contributed by atoms with Crippen molar-refractivity contribution in [1.82, 2.24) is 19.9 Å². The van der Waals surface area contributed by atoms with Gasteiger partial charge in [0.25, 0.3) is 0 Å². The number of nitrogens with zero attached hydrogens (tertiary/aromatic N) is 2. The van der Waals surface area contributed by atoms with Crippen LogP contribution in [-0.2, 0) is 16.4 Å². The van der Waals surface area contributed by atoms with Crippen molar-refractivity contribution in [2.45, 2.75) is 18.2 Å². The zero-order chi connectivity index (χ0) is 14.8. The summed E-state index contributed by atoms with van der Waals surface area (Å²) in [5.74, 6) is -0.0937. The summed E-state index contributed by atoms with van der Waals surface area (Å²) in [5.41, 5.74) is 5.57. The molecule has 0 fully saturated rings. The van der Waals surface area contributed by atoms with Gasteiger partial charge in [-0.25, -0.2) is 22.5 Å². The summed E-state index contributed by atoms with van der Waals surface area (Å²) >= 11 is 0. The number of nitrogen functional groups attached to an aromatic ring is 1. The Kier molecular flexibility index (Phi) is 4.00. The average molecular weight is 299 g/mol. The summed E-state index contributed by atoms with van der Waals surface area (Å²) in [5, 5.41) is 6.27. The van der Waals surface area contributed by atoms with E-state index in [0.717, 1.165) is 6.07 Å². The van der Waals surface area contributed by atoms with E-state index in [4.69, 9.17) is 5.73 Å². The summed E-state index contributed by atoms with van der Waals surface area (Å²) in [4.78, 5) is 3.71. The Morgan fingerprint density at radius 2 is 2.20 bits per heavy atom. The van der Waals surface area contributed by atoms with Crippen molar-refractivity contribution in [2.24, 2.45) is 0 Å². The Labute approximate surface area is 115 Å². The predicted octanol–water partition coefficient (Wildman–Crippen LogP) is 0.355. The number of sulfonamides is 1. The number of hydrogen-bond acceptors (Lipinski definition) is 5. The molecule has 0 bridgehead atoms. The van der Waals surface area contributed by atoms with E-state index >= 15 is 0 Å². The van der Waals surface area contributed by atoms with E-state index in [1.807, 2.05) is 0 Å². The molecular formula is C11H14FN5O2S. The van der Waals surface area contributed by atoms with Crippen LogP contribution in [0.25, 0.3) is 0 Å². The highest BCUT2D eigenvalue weighted by atomic mass is 32.2. The van der Waals surface area contributed by atoms with Crippen LogP contribution in [0, 0.1) is 12.7 Å². The SMILES string of the molecule is Cc1c(F)cc(N)cc1S(=O)(=O)NCCc1ncn[nH]1. The minimum absolute atomic E-state index is 0.0337. The smallest absolute Gasteiger partial charge is 0.241 e. The normalized spacial score (nSPS) is 11.7. The van der Waals surface area contributed by atoms with Gasteiger partial charge < -0.3 is 5.73 Å². The Morgan fingerprint density at radius 1 is 1.45 bits per heavy atom. The zero-order valence-corrected chi connectivity index (χ0v) is 11.5. The van der Waals surface area contributed by atoms with Crippen LogP contribution in [0.5, 0.6) is 0 Å². The first-order valence-corrected chi connectivity index (χ1v) is 7.28. The number of benzene rings is 1. The second kappa shape index (κ2) is 5.55. The Balaban J connectivity index is 2.14. The molecule has 20 heavy (non-hydrogen) atoms. The van der Waals surface area contributed by atoms with Gasteiger partial charge in [-0.1, -0.05) is 0 Å². The number of nitrogens with one attached hydrogen (secondary N) is 2. The fraction of sp³-hybridized carbons (Fsp3) is 0.273. The van der Waals surface area contributed by atoms with Crippen LogP contribution < -0.4 is 10.5 Å². The van der Waals surface area contributed by atoms with Crippen molar-refractivity contribution in [3.63, 3.8) is 0 Å². The summed E-state index contributed by atoms with van der Waals surface area (Å²) in [6, 6.07) is 2.32. The first kappa shape index (κ1) is 14.4. The van der Waals surface area contributed by atoms with Gasteiger partial charge in [-0.3, -0.25) is 5.10 Å².